The minimum atomic E-state index is -5.07. The van der Waals surface area contributed by atoms with Crippen molar-refractivity contribution >= 4 is 16.4 Å². The Balaban J connectivity index is 2.35. The highest BCUT2D eigenvalue weighted by atomic mass is 32.3. The number of ether oxygens (including phenoxy) is 4. The van der Waals surface area contributed by atoms with Crippen molar-refractivity contribution in [1.82, 2.24) is 0 Å². The average Bonchev–Trinajstić information content (AvgIpc) is 3.34. The summed E-state index contributed by atoms with van der Waals surface area (Å²) in [5.74, 6) is -0.416. The van der Waals surface area contributed by atoms with Gasteiger partial charge in [-0.3, -0.25) is 9.35 Å². The fourth-order valence-electron chi connectivity index (χ4n) is 7.91. The Morgan fingerprint density at radius 3 is 1.46 bits per heavy atom. The maximum Gasteiger partial charge on any atom is 0.397 e. The predicted octanol–water partition coefficient (Wildman–Crippen LogP) is 13.2. The van der Waals surface area contributed by atoms with E-state index < -0.39 is 59.8 Å². The molecule has 0 spiro atoms. The Morgan fingerprint density at radius 1 is 0.557 bits per heavy atom. The van der Waals surface area contributed by atoms with E-state index in [4.69, 9.17) is 18.9 Å². The Bertz CT molecular complexity index is 1540. The molecule has 1 saturated heterocycles. The van der Waals surface area contributed by atoms with Crippen LogP contribution in [-0.4, -0.2) is 97.5 Å². The number of unbranched alkanes of at least 4 members (excludes halogenated alkanes) is 20. The van der Waals surface area contributed by atoms with Crippen molar-refractivity contribution in [2.75, 3.05) is 26.4 Å². The fourth-order valence-corrected chi connectivity index (χ4v) is 8.41. The van der Waals surface area contributed by atoms with Crippen LogP contribution in [0.5, 0.6) is 0 Å². The van der Waals surface area contributed by atoms with E-state index in [1.165, 1.54) is 83.5 Å². The molecule has 0 bridgehead atoms. The summed E-state index contributed by atoms with van der Waals surface area (Å²) in [5, 5.41) is 30.8. The first-order chi connectivity index (χ1) is 34.1. The van der Waals surface area contributed by atoms with Crippen LogP contribution in [0.15, 0.2) is 85.1 Å². The number of carbonyl (C=O) groups is 1. The number of aliphatic hydroxyl groups is 3. The van der Waals surface area contributed by atoms with E-state index in [1.807, 2.05) is 0 Å². The van der Waals surface area contributed by atoms with Crippen molar-refractivity contribution in [3.8, 4) is 0 Å². The van der Waals surface area contributed by atoms with Gasteiger partial charge in [0.15, 0.2) is 6.29 Å². The summed E-state index contributed by atoms with van der Waals surface area (Å²) in [6, 6.07) is 0. The molecule has 1 aliphatic heterocycles. The van der Waals surface area contributed by atoms with Crippen molar-refractivity contribution in [1.29, 1.82) is 0 Å². The molecule has 6 atom stereocenters. The van der Waals surface area contributed by atoms with Crippen LogP contribution in [0.25, 0.3) is 0 Å². The van der Waals surface area contributed by atoms with Crippen LogP contribution in [0.3, 0.4) is 0 Å². The van der Waals surface area contributed by atoms with Crippen molar-refractivity contribution < 1.29 is 56.2 Å². The molecule has 70 heavy (non-hydrogen) atoms. The summed E-state index contributed by atoms with van der Waals surface area (Å²) in [4.78, 5) is 12.9. The molecule has 1 heterocycles. The quantitative estimate of drug-likeness (QED) is 0.0197. The molecule has 0 aromatic rings. The second-order valence-corrected chi connectivity index (χ2v) is 19.5. The highest BCUT2D eigenvalue weighted by Gasteiger charge is 2.48. The molecule has 0 saturated carbocycles. The van der Waals surface area contributed by atoms with Gasteiger partial charge in [-0.05, 0) is 89.9 Å². The van der Waals surface area contributed by atoms with Crippen LogP contribution in [0.2, 0.25) is 0 Å². The number of esters is 1. The van der Waals surface area contributed by atoms with Gasteiger partial charge in [0.05, 0.1) is 19.8 Å². The van der Waals surface area contributed by atoms with Crippen LogP contribution < -0.4 is 0 Å². The zero-order valence-electron chi connectivity index (χ0n) is 43.6. The van der Waals surface area contributed by atoms with Gasteiger partial charge in [0, 0.05) is 13.0 Å². The van der Waals surface area contributed by atoms with Crippen LogP contribution >= 0.6 is 0 Å². The van der Waals surface area contributed by atoms with E-state index in [9.17, 15) is 33.1 Å². The van der Waals surface area contributed by atoms with Gasteiger partial charge in [0.2, 0.25) is 0 Å². The smallest absolute Gasteiger partial charge is 0.397 e. The molecule has 0 aromatic carbocycles. The lowest BCUT2D eigenvalue weighted by atomic mass is 9.99. The molecule has 12 nitrogen and oxygen atoms in total. The lowest BCUT2D eigenvalue weighted by molar-refractivity contribution is -0.301. The van der Waals surface area contributed by atoms with E-state index in [2.05, 4.69) is 103 Å². The van der Waals surface area contributed by atoms with Crippen molar-refractivity contribution in [3.05, 3.63) is 85.1 Å². The van der Waals surface area contributed by atoms with Crippen molar-refractivity contribution in [2.24, 2.45) is 0 Å². The zero-order valence-corrected chi connectivity index (χ0v) is 44.4. The largest absolute Gasteiger partial charge is 0.457 e. The monoisotopic (exact) mass is 1010 g/mol. The second kappa shape index (κ2) is 47.3. The SMILES string of the molecule is CC/C=C\C/C=C\C/C=C\C/C=C\C/C=C\C/C=C\CCCCCCCCC(=O)OC(COCCCCCCCCCC/C=C\CCCCCCCC)COC1OC(CO)C(O)C(OS(=O)(=O)O)C1O. The molecule has 6 unspecified atom stereocenters. The number of rotatable bonds is 47. The van der Waals surface area contributed by atoms with Gasteiger partial charge in [-0.1, -0.05) is 195 Å². The highest BCUT2D eigenvalue weighted by Crippen LogP contribution is 2.26. The van der Waals surface area contributed by atoms with Gasteiger partial charge in [-0.15, -0.1) is 0 Å². The minimum absolute atomic E-state index is 0.0235. The van der Waals surface area contributed by atoms with Gasteiger partial charge in [-0.25, -0.2) is 4.18 Å². The molecular formula is C57H98O12S. The Labute approximate surface area is 425 Å². The molecule has 0 amide bonds. The van der Waals surface area contributed by atoms with Crippen LogP contribution in [-0.2, 0) is 38.3 Å². The summed E-state index contributed by atoms with van der Waals surface area (Å²) < 4.78 is 59.3. The van der Waals surface area contributed by atoms with Crippen molar-refractivity contribution in [3.63, 3.8) is 0 Å². The van der Waals surface area contributed by atoms with Crippen LogP contribution in [0, 0.1) is 0 Å². The predicted molar refractivity (Wildman–Crippen MR) is 285 cm³/mol. The standard InChI is InChI=1S/C57H98O12S/c1-3-5-7-9-11-13-15-17-19-21-23-24-25-26-27-28-29-30-32-34-36-38-40-42-44-46-53(59)67-51(50-66-57-55(61)56(69-70(62,63)64)54(60)52(48-58)68-57)49-65-47-45-43-41-39-37-35-33-31-22-20-18-16-14-12-10-8-6-4-2/h5,7,11,13,17-20,23-24,26-27,29-30,51-52,54-58,60-61H,3-4,6,8-10,12,14-16,21-22,25,28,31-50H2,1-2H3,(H,62,63,64)/b7-5-,13-11-,19-17-,20-18-,24-23-,27-26-,30-29-. The summed E-state index contributed by atoms with van der Waals surface area (Å²) in [7, 11) is -5.07. The summed E-state index contributed by atoms with van der Waals surface area (Å²) in [6.45, 7) is 3.86. The number of hydrogen-bond donors (Lipinski definition) is 4. The van der Waals surface area contributed by atoms with E-state index in [1.54, 1.807) is 0 Å². The molecule has 0 aliphatic carbocycles. The van der Waals surface area contributed by atoms with E-state index in [0.717, 1.165) is 96.3 Å². The van der Waals surface area contributed by atoms with E-state index in [0.29, 0.717) is 13.0 Å². The van der Waals surface area contributed by atoms with Gasteiger partial charge >= 0.3 is 16.4 Å². The van der Waals surface area contributed by atoms with Gasteiger partial charge in [0.25, 0.3) is 0 Å². The van der Waals surface area contributed by atoms with Crippen LogP contribution in [0.4, 0.5) is 0 Å². The molecule has 13 heteroatoms. The average molecular weight is 1010 g/mol. The highest BCUT2D eigenvalue weighted by molar-refractivity contribution is 7.80. The summed E-state index contributed by atoms with van der Waals surface area (Å²) in [5.41, 5.74) is 0. The van der Waals surface area contributed by atoms with Gasteiger partial charge in [0.1, 0.15) is 30.5 Å². The minimum Gasteiger partial charge on any atom is -0.457 e. The first-order valence-corrected chi connectivity index (χ1v) is 28.7. The summed E-state index contributed by atoms with van der Waals surface area (Å²) in [6.07, 6.45) is 54.6. The molecule has 1 fully saturated rings. The van der Waals surface area contributed by atoms with E-state index >= 15 is 0 Å². The molecule has 404 valence electrons. The second-order valence-electron chi connectivity index (χ2n) is 18.4. The number of hydrogen-bond acceptors (Lipinski definition) is 11. The lowest BCUT2D eigenvalue weighted by Gasteiger charge is -2.41. The first kappa shape index (κ1) is 65.3. The molecule has 1 rings (SSSR count). The molecule has 0 radical (unpaired) electrons. The molecular weight excluding hydrogens is 909 g/mol. The zero-order chi connectivity index (χ0) is 51.0. The third-order valence-electron chi connectivity index (χ3n) is 12.0. The van der Waals surface area contributed by atoms with Gasteiger partial charge < -0.3 is 34.3 Å². The Hall–Kier alpha value is -2.72. The van der Waals surface area contributed by atoms with Crippen molar-refractivity contribution in [2.45, 2.75) is 243 Å². The number of aliphatic hydroxyl groups excluding tert-OH is 3. The van der Waals surface area contributed by atoms with Crippen LogP contribution in [0.1, 0.15) is 206 Å². The number of allylic oxidation sites excluding steroid dienone is 14. The third kappa shape index (κ3) is 39.8. The fraction of sp³-hybridized carbons (Fsp3) is 0.737. The molecule has 1 aliphatic rings. The molecule has 0 aromatic heterocycles. The topological polar surface area (TPSA) is 178 Å². The number of carbonyl (C=O) groups excluding carboxylic acids is 1. The lowest BCUT2D eigenvalue weighted by Crippen LogP contribution is -2.60. The summed E-state index contributed by atoms with van der Waals surface area (Å²) >= 11 is 0. The maximum atomic E-state index is 12.9. The first-order valence-electron chi connectivity index (χ1n) is 27.3. The normalized spacial score (nSPS) is 19.8. The Kier molecular flexibility index (Phi) is 44.1. The van der Waals surface area contributed by atoms with Gasteiger partial charge in [-0.2, -0.15) is 8.42 Å². The van der Waals surface area contributed by atoms with E-state index in [-0.39, 0.29) is 19.6 Å². The third-order valence-corrected chi connectivity index (χ3v) is 12.5. The Morgan fingerprint density at radius 2 is 0.986 bits per heavy atom. The maximum absolute atomic E-state index is 12.9. The molecule has 4 N–H and O–H groups in total.